The molecule has 0 amide bonds. The van der Waals surface area contributed by atoms with Crippen molar-refractivity contribution in [2.75, 3.05) is 13.7 Å². The molecule has 0 fully saturated rings. The first-order valence-corrected chi connectivity index (χ1v) is 5.57. The topological polar surface area (TPSA) is 53.4 Å². The number of ether oxygens (including phenoxy) is 2. The van der Waals surface area contributed by atoms with E-state index in [9.17, 15) is 4.79 Å². The number of hydrogen-bond acceptors (Lipinski definition) is 4. The lowest BCUT2D eigenvalue weighted by molar-refractivity contribution is -0.136. The van der Waals surface area contributed by atoms with Crippen LogP contribution in [0.25, 0.3) is 0 Å². The van der Waals surface area contributed by atoms with E-state index >= 15 is 0 Å². The van der Waals surface area contributed by atoms with E-state index in [2.05, 4.69) is 16.8 Å². The lowest BCUT2D eigenvalue weighted by Crippen LogP contribution is -2.03. The third-order valence-corrected chi connectivity index (χ3v) is 2.21. The van der Waals surface area contributed by atoms with Gasteiger partial charge in [-0.15, -0.1) is 0 Å². The molecule has 0 radical (unpaired) electrons. The predicted octanol–water partition coefficient (Wildman–Crippen LogP) is 1.79. The summed E-state index contributed by atoms with van der Waals surface area (Å²) in [7, 11) is 1.36. The van der Waals surface area contributed by atoms with Crippen molar-refractivity contribution in [3.8, 4) is 5.75 Å². The van der Waals surface area contributed by atoms with Crippen molar-refractivity contribution in [3.05, 3.63) is 24.0 Å². The fourth-order valence-corrected chi connectivity index (χ4v) is 1.28. The standard InChI is InChI=1S/C12H18N2O3/c1-4-6-14-9-11(8-13-14)17-7-5-10(2)12(15)16-3/h5,8-9H,4,6-7H2,1-3H3/b10-5-. The minimum atomic E-state index is -0.338. The molecule has 1 aromatic heterocycles. The Balaban J connectivity index is 2.42. The zero-order chi connectivity index (χ0) is 12.7. The largest absolute Gasteiger partial charge is 0.486 e. The zero-order valence-corrected chi connectivity index (χ0v) is 10.5. The van der Waals surface area contributed by atoms with Crippen LogP contribution in [0.1, 0.15) is 20.3 Å². The maximum Gasteiger partial charge on any atom is 0.333 e. The first-order chi connectivity index (χ1) is 8.17. The lowest BCUT2D eigenvalue weighted by atomic mass is 10.3. The van der Waals surface area contributed by atoms with Gasteiger partial charge in [0.05, 0.1) is 19.5 Å². The number of aromatic nitrogens is 2. The highest BCUT2D eigenvalue weighted by Crippen LogP contribution is 2.08. The molecule has 0 atom stereocenters. The summed E-state index contributed by atoms with van der Waals surface area (Å²) in [6.45, 7) is 4.99. The quantitative estimate of drug-likeness (QED) is 0.560. The molecule has 0 aliphatic rings. The molecule has 0 spiro atoms. The van der Waals surface area contributed by atoms with Crippen LogP contribution in [-0.4, -0.2) is 29.5 Å². The molecule has 0 unspecified atom stereocenters. The van der Waals surface area contributed by atoms with Gasteiger partial charge in [-0.1, -0.05) is 6.92 Å². The van der Waals surface area contributed by atoms with Crippen LogP contribution in [0.5, 0.6) is 5.75 Å². The molecule has 0 aliphatic carbocycles. The Kier molecular flexibility index (Phi) is 5.26. The number of carbonyl (C=O) groups excluding carboxylic acids is 1. The molecule has 0 saturated heterocycles. The van der Waals surface area contributed by atoms with E-state index in [0.29, 0.717) is 17.9 Å². The Bertz CT molecular complexity index is 396. The maximum atomic E-state index is 11.1. The number of aryl methyl sites for hydroxylation is 1. The highest BCUT2D eigenvalue weighted by molar-refractivity contribution is 5.87. The van der Waals surface area contributed by atoms with E-state index in [-0.39, 0.29) is 5.97 Å². The number of methoxy groups -OCH3 is 1. The van der Waals surface area contributed by atoms with E-state index in [1.807, 2.05) is 10.9 Å². The number of rotatable bonds is 6. The van der Waals surface area contributed by atoms with E-state index in [1.165, 1.54) is 7.11 Å². The average Bonchev–Trinajstić information content (AvgIpc) is 2.76. The Labute approximate surface area is 101 Å². The van der Waals surface area contributed by atoms with Crippen LogP contribution in [0.2, 0.25) is 0 Å². The minimum absolute atomic E-state index is 0.332. The van der Waals surface area contributed by atoms with Gasteiger partial charge in [0.2, 0.25) is 0 Å². The molecule has 0 aromatic carbocycles. The second-order valence-electron chi connectivity index (χ2n) is 3.63. The third-order valence-electron chi connectivity index (χ3n) is 2.21. The molecule has 1 heterocycles. The second kappa shape index (κ2) is 6.73. The Hall–Kier alpha value is -1.78. The van der Waals surface area contributed by atoms with E-state index in [1.54, 1.807) is 19.2 Å². The molecular weight excluding hydrogens is 220 g/mol. The van der Waals surface area contributed by atoms with Gasteiger partial charge in [0.25, 0.3) is 0 Å². The van der Waals surface area contributed by atoms with E-state index < -0.39 is 0 Å². The lowest BCUT2D eigenvalue weighted by Gasteiger charge is -2.01. The van der Waals surface area contributed by atoms with Crippen molar-refractivity contribution in [1.82, 2.24) is 9.78 Å². The summed E-state index contributed by atoms with van der Waals surface area (Å²) in [4.78, 5) is 11.1. The summed E-state index contributed by atoms with van der Waals surface area (Å²) < 4.78 is 11.8. The monoisotopic (exact) mass is 238 g/mol. The van der Waals surface area contributed by atoms with Crippen LogP contribution >= 0.6 is 0 Å². The fraction of sp³-hybridized carbons (Fsp3) is 0.500. The molecule has 5 heteroatoms. The van der Waals surface area contributed by atoms with Crippen molar-refractivity contribution >= 4 is 5.97 Å². The van der Waals surface area contributed by atoms with E-state index in [4.69, 9.17) is 4.74 Å². The second-order valence-corrected chi connectivity index (χ2v) is 3.63. The average molecular weight is 238 g/mol. The van der Waals surface area contributed by atoms with Gasteiger partial charge in [0.15, 0.2) is 5.75 Å². The SMILES string of the molecule is CCCn1cc(OC/C=C(/C)C(=O)OC)cn1. The molecule has 0 N–H and O–H groups in total. The van der Waals surface area contributed by atoms with Gasteiger partial charge in [-0.3, -0.25) is 4.68 Å². The smallest absolute Gasteiger partial charge is 0.333 e. The van der Waals surface area contributed by atoms with Gasteiger partial charge in [-0.25, -0.2) is 4.79 Å². The van der Waals surface area contributed by atoms with Gasteiger partial charge >= 0.3 is 5.97 Å². The Morgan fingerprint density at radius 2 is 2.35 bits per heavy atom. The van der Waals surface area contributed by atoms with Crippen molar-refractivity contribution in [3.63, 3.8) is 0 Å². The number of hydrogen-bond donors (Lipinski definition) is 0. The molecule has 0 saturated carbocycles. The molecule has 0 aliphatic heterocycles. The Morgan fingerprint density at radius 3 is 3.00 bits per heavy atom. The van der Waals surface area contributed by atoms with Crippen LogP contribution in [0.15, 0.2) is 24.0 Å². The van der Waals surface area contributed by atoms with Gasteiger partial charge in [-0.2, -0.15) is 5.10 Å². The fourth-order valence-electron chi connectivity index (χ4n) is 1.28. The molecule has 5 nitrogen and oxygen atoms in total. The molecule has 17 heavy (non-hydrogen) atoms. The number of esters is 1. The van der Waals surface area contributed by atoms with Crippen LogP contribution in [-0.2, 0) is 16.1 Å². The molecule has 94 valence electrons. The summed E-state index contributed by atoms with van der Waals surface area (Å²) in [6.07, 6.45) is 6.22. The van der Waals surface area contributed by atoms with Gasteiger partial charge in [-0.05, 0) is 19.4 Å². The van der Waals surface area contributed by atoms with Crippen molar-refractivity contribution in [2.24, 2.45) is 0 Å². The minimum Gasteiger partial charge on any atom is -0.486 e. The highest BCUT2D eigenvalue weighted by atomic mass is 16.5. The first-order valence-electron chi connectivity index (χ1n) is 5.57. The normalized spacial score (nSPS) is 11.4. The highest BCUT2D eigenvalue weighted by Gasteiger charge is 2.02. The number of carbonyl (C=O) groups is 1. The maximum absolute atomic E-state index is 11.1. The molecule has 1 rings (SSSR count). The van der Waals surface area contributed by atoms with Crippen LogP contribution < -0.4 is 4.74 Å². The van der Waals surface area contributed by atoms with Crippen molar-refractivity contribution < 1.29 is 14.3 Å². The van der Waals surface area contributed by atoms with Crippen LogP contribution in [0.4, 0.5) is 0 Å². The van der Waals surface area contributed by atoms with Crippen molar-refractivity contribution in [2.45, 2.75) is 26.8 Å². The molecule has 1 aromatic rings. The Morgan fingerprint density at radius 1 is 1.59 bits per heavy atom. The van der Waals surface area contributed by atoms with E-state index in [0.717, 1.165) is 13.0 Å². The molecular formula is C12H18N2O3. The predicted molar refractivity (Wildman–Crippen MR) is 63.8 cm³/mol. The number of nitrogens with zero attached hydrogens (tertiary/aromatic N) is 2. The molecule has 0 bridgehead atoms. The van der Waals surface area contributed by atoms with Crippen molar-refractivity contribution in [1.29, 1.82) is 0 Å². The summed E-state index contributed by atoms with van der Waals surface area (Å²) in [5.41, 5.74) is 0.536. The first kappa shape index (κ1) is 13.3. The van der Waals surface area contributed by atoms with Gasteiger partial charge < -0.3 is 9.47 Å². The van der Waals surface area contributed by atoms with Gasteiger partial charge in [0.1, 0.15) is 6.61 Å². The van der Waals surface area contributed by atoms with Crippen LogP contribution in [0.3, 0.4) is 0 Å². The third kappa shape index (κ3) is 4.30. The zero-order valence-electron chi connectivity index (χ0n) is 10.5. The van der Waals surface area contributed by atoms with Crippen LogP contribution in [0, 0.1) is 0 Å². The summed E-state index contributed by atoms with van der Waals surface area (Å²) in [5, 5.41) is 4.13. The van der Waals surface area contributed by atoms with Gasteiger partial charge in [0, 0.05) is 12.1 Å². The summed E-state index contributed by atoms with van der Waals surface area (Å²) in [5.74, 6) is 0.364. The summed E-state index contributed by atoms with van der Waals surface area (Å²) >= 11 is 0. The summed E-state index contributed by atoms with van der Waals surface area (Å²) in [6, 6.07) is 0.